The molecule has 0 saturated carbocycles. The van der Waals surface area contributed by atoms with Gasteiger partial charge in [0, 0.05) is 31.5 Å². The number of ether oxygens (including phenoxy) is 1. The molecule has 1 atom stereocenters. The largest absolute Gasteiger partial charge is 0.508 e. The molecule has 7 heteroatoms. The lowest BCUT2D eigenvalue weighted by atomic mass is 10.2. The van der Waals surface area contributed by atoms with E-state index in [1.165, 1.54) is 12.1 Å². The first-order valence-electron chi connectivity index (χ1n) is 7.82. The van der Waals surface area contributed by atoms with Gasteiger partial charge >= 0.3 is 6.03 Å². The van der Waals surface area contributed by atoms with Crippen molar-refractivity contribution in [2.45, 2.75) is 6.04 Å². The van der Waals surface area contributed by atoms with Crippen LogP contribution in [0.25, 0.3) is 0 Å². The second-order valence-corrected chi connectivity index (χ2v) is 5.53. The summed E-state index contributed by atoms with van der Waals surface area (Å²) in [5.41, 5.74) is 0.642. The number of aromatic hydroxyl groups is 1. The minimum Gasteiger partial charge on any atom is -0.508 e. The topological polar surface area (TPSA) is 86.7 Å². The molecule has 7 nitrogen and oxygen atoms in total. The Morgan fingerprint density at radius 3 is 2.96 bits per heavy atom. The SMILES string of the molecule is O=C(Nc1ccc(O)cc1)N1CCNCC1COc1cccnc1. The van der Waals surface area contributed by atoms with Crippen LogP contribution >= 0.6 is 0 Å². The number of nitrogens with one attached hydrogen (secondary N) is 2. The Morgan fingerprint density at radius 2 is 2.21 bits per heavy atom. The van der Waals surface area contributed by atoms with E-state index >= 15 is 0 Å². The second-order valence-electron chi connectivity index (χ2n) is 5.53. The van der Waals surface area contributed by atoms with Gasteiger partial charge in [0.05, 0.1) is 12.2 Å². The first-order valence-corrected chi connectivity index (χ1v) is 7.82. The van der Waals surface area contributed by atoms with Crippen molar-refractivity contribution >= 4 is 11.7 Å². The van der Waals surface area contributed by atoms with E-state index in [1.807, 2.05) is 12.1 Å². The number of anilines is 1. The van der Waals surface area contributed by atoms with Crippen molar-refractivity contribution in [3.05, 3.63) is 48.8 Å². The number of phenols is 1. The van der Waals surface area contributed by atoms with E-state index < -0.39 is 0 Å². The highest BCUT2D eigenvalue weighted by Gasteiger charge is 2.27. The average molecular weight is 328 g/mol. The third-order valence-electron chi connectivity index (χ3n) is 3.81. The van der Waals surface area contributed by atoms with Gasteiger partial charge in [-0.3, -0.25) is 4.98 Å². The van der Waals surface area contributed by atoms with Crippen molar-refractivity contribution in [3.63, 3.8) is 0 Å². The second kappa shape index (κ2) is 7.65. The Balaban J connectivity index is 1.60. The number of pyridine rings is 1. The molecule has 1 aromatic heterocycles. The first kappa shape index (κ1) is 16.1. The summed E-state index contributed by atoms with van der Waals surface area (Å²) in [4.78, 5) is 18.3. The van der Waals surface area contributed by atoms with Crippen LogP contribution < -0.4 is 15.4 Å². The number of carbonyl (C=O) groups excluding carboxylic acids is 1. The molecule has 24 heavy (non-hydrogen) atoms. The van der Waals surface area contributed by atoms with Crippen molar-refractivity contribution in [3.8, 4) is 11.5 Å². The maximum atomic E-state index is 12.5. The number of benzene rings is 1. The summed E-state index contributed by atoms with van der Waals surface area (Å²) in [5.74, 6) is 0.847. The lowest BCUT2D eigenvalue weighted by molar-refractivity contribution is 0.133. The van der Waals surface area contributed by atoms with Gasteiger partial charge in [-0.1, -0.05) is 0 Å². The molecule has 0 spiro atoms. The van der Waals surface area contributed by atoms with Crippen LogP contribution in [0.5, 0.6) is 11.5 Å². The van der Waals surface area contributed by atoms with E-state index in [-0.39, 0.29) is 17.8 Å². The zero-order valence-electron chi connectivity index (χ0n) is 13.2. The number of piperazine rings is 1. The summed E-state index contributed by atoms with van der Waals surface area (Å²) in [6, 6.07) is 9.80. The van der Waals surface area contributed by atoms with E-state index in [9.17, 15) is 9.90 Å². The third-order valence-corrected chi connectivity index (χ3v) is 3.81. The van der Waals surface area contributed by atoms with Crippen molar-refractivity contribution in [2.75, 3.05) is 31.6 Å². The summed E-state index contributed by atoms with van der Waals surface area (Å²) >= 11 is 0. The highest BCUT2D eigenvalue weighted by atomic mass is 16.5. The minimum atomic E-state index is -0.179. The summed E-state index contributed by atoms with van der Waals surface area (Å²) < 4.78 is 5.73. The quantitative estimate of drug-likeness (QED) is 0.743. The molecule has 1 aromatic carbocycles. The van der Waals surface area contributed by atoms with E-state index in [0.29, 0.717) is 31.1 Å². The van der Waals surface area contributed by atoms with Gasteiger partial charge < -0.3 is 25.4 Å². The van der Waals surface area contributed by atoms with Crippen LogP contribution in [-0.2, 0) is 0 Å². The number of hydrogen-bond acceptors (Lipinski definition) is 5. The molecule has 2 heterocycles. The molecule has 0 bridgehead atoms. The lowest BCUT2D eigenvalue weighted by Crippen LogP contribution is -2.57. The molecular formula is C17H20N4O3. The van der Waals surface area contributed by atoms with Gasteiger partial charge in [-0.25, -0.2) is 4.79 Å². The Hall–Kier alpha value is -2.80. The van der Waals surface area contributed by atoms with Gasteiger partial charge in [0.15, 0.2) is 0 Å². The highest BCUT2D eigenvalue weighted by molar-refractivity contribution is 5.89. The first-order chi connectivity index (χ1) is 11.7. The summed E-state index contributed by atoms with van der Waals surface area (Å²) in [5, 5.41) is 15.4. The summed E-state index contributed by atoms with van der Waals surface area (Å²) in [6.45, 7) is 2.41. The van der Waals surface area contributed by atoms with Crippen molar-refractivity contribution in [1.29, 1.82) is 0 Å². The molecule has 1 aliphatic heterocycles. The number of aromatic nitrogens is 1. The molecule has 0 aliphatic carbocycles. The smallest absolute Gasteiger partial charge is 0.322 e. The predicted molar refractivity (Wildman–Crippen MR) is 90.2 cm³/mol. The zero-order valence-corrected chi connectivity index (χ0v) is 13.2. The Morgan fingerprint density at radius 1 is 1.38 bits per heavy atom. The number of nitrogens with zero attached hydrogens (tertiary/aromatic N) is 2. The molecule has 1 unspecified atom stereocenters. The minimum absolute atomic E-state index is 0.0731. The molecule has 2 amide bonds. The van der Waals surface area contributed by atoms with Crippen LogP contribution in [-0.4, -0.2) is 53.3 Å². The Labute approximate surface area is 140 Å². The molecule has 1 fully saturated rings. The van der Waals surface area contributed by atoms with Crippen LogP contribution in [0.15, 0.2) is 48.8 Å². The molecule has 3 rings (SSSR count). The monoisotopic (exact) mass is 328 g/mol. The van der Waals surface area contributed by atoms with Crippen molar-refractivity contribution in [2.24, 2.45) is 0 Å². The number of phenolic OH excluding ortho intramolecular Hbond substituents is 1. The molecule has 3 N–H and O–H groups in total. The highest BCUT2D eigenvalue weighted by Crippen LogP contribution is 2.16. The van der Waals surface area contributed by atoms with Crippen LogP contribution in [0.2, 0.25) is 0 Å². The number of urea groups is 1. The van der Waals surface area contributed by atoms with Crippen molar-refractivity contribution < 1.29 is 14.6 Å². The number of amides is 2. The van der Waals surface area contributed by atoms with Crippen LogP contribution in [0, 0.1) is 0 Å². The van der Waals surface area contributed by atoms with E-state index in [1.54, 1.807) is 29.4 Å². The predicted octanol–water partition coefficient (Wildman–Crippen LogP) is 1.67. The fourth-order valence-corrected chi connectivity index (χ4v) is 2.54. The number of carbonyl (C=O) groups is 1. The van der Waals surface area contributed by atoms with Gasteiger partial charge in [-0.2, -0.15) is 0 Å². The molecule has 126 valence electrons. The number of hydrogen-bond donors (Lipinski definition) is 3. The average Bonchev–Trinajstić information content (AvgIpc) is 2.63. The molecular weight excluding hydrogens is 308 g/mol. The van der Waals surface area contributed by atoms with E-state index in [4.69, 9.17) is 4.74 Å². The van der Waals surface area contributed by atoms with Gasteiger partial charge in [0.2, 0.25) is 0 Å². The fourth-order valence-electron chi connectivity index (χ4n) is 2.54. The van der Waals surface area contributed by atoms with E-state index in [2.05, 4.69) is 15.6 Å². The van der Waals surface area contributed by atoms with E-state index in [0.717, 1.165) is 6.54 Å². The summed E-state index contributed by atoms with van der Waals surface area (Å²) in [7, 11) is 0. The van der Waals surface area contributed by atoms with Crippen LogP contribution in [0.3, 0.4) is 0 Å². The fraction of sp³-hybridized carbons (Fsp3) is 0.294. The molecule has 1 aliphatic rings. The summed E-state index contributed by atoms with van der Waals surface area (Å²) in [6.07, 6.45) is 3.34. The standard InChI is InChI=1S/C17H20N4O3/c22-15-5-3-13(4-6-15)20-17(23)21-9-8-19-10-14(21)12-24-16-2-1-7-18-11-16/h1-7,11,14,19,22H,8-10,12H2,(H,20,23). The van der Waals surface area contributed by atoms with Crippen LogP contribution in [0.4, 0.5) is 10.5 Å². The number of rotatable bonds is 4. The zero-order chi connectivity index (χ0) is 16.8. The maximum absolute atomic E-state index is 12.5. The van der Waals surface area contributed by atoms with Gasteiger partial charge in [-0.05, 0) is 36.4 Å². The molecule has 0 radical (unpaired) electrons. The molecule has 1 saturated heterocycles. The Kier molecular flexibility index (Phi) is 5.12. The lowest BCUT2D eigenvalue weighted by Gasteiger charge is -2.35. The normalized spacial score (nSPS) is 17.3. The molecule has 2 aromatic rings. The maximum Gasteiger partial charge on any atom is 0.322 e. The van der Waals surface area contributed by atoms with Gasteiger partial charge in [0.1, 0.15) is 18.1 Å². The van der Waals surface area contributed by atoms with Gasteiger partial charge in [-0.15, -0.1) is 0 Å². The third kappa shape index (κ3) is 4.14. The van der Waals surface area contributed by atoms with Gasteiger partial charge in [0.25, 0.3) is 0 Å². The van der Waals surface area contributed by atoms with Crippen LogP contribution in [0.1, 0.15) is 0 Å². The van der Waals surface area contributed by atoms with Crippen molar-refractivity contribution in [1.82, 2.24) is 15.2 Å². The Bertz CT molecular complexity index is 663.